The van der Waals surface area contributed by atoms with Crippen LogP contribution in [-0.2, 0) is 80.6 Å². The fourth-order valence-corrected chi connectivity index (χ4v) is 12.1. The van der Waals surface area contributed by atoms with Crippen molar-refractivity contribution in [1.29, 1.82) is 0 Å². The normalized spacial score (nSPS) is 51.2. The summed E-state index contributed by atoms with van der Waals surface area (Å²) in [4.78, 5) is 24.7. The van der Waals surface area contributed by atoms with Gasteiger partial charge in [-0.25, -0.2) is 0 Å². The average molecular weight is 1380 g/mol. The van der Waals surface area contributed by atoms with E-state index in [0.29, 0.717) is 0 Å². The summed E-state index contributed by atoms with van der Waals surface area (Å²) in [5.74, 6) is -1.62. The Labute approximate surface area is 532 Å². The van der Waals surface area contributed by atoms with Crippen LogP contribution in [0.3, 0.4) is 0 Å². The van der Waals surface area contributed by atoms with Crippen LogP contribution in [0.15, 0.2) is 0 Å². The highest BCUT2D eigenvalue weighted by molar-refractivity contribution is 5.73. The molecule has 546 valence electrons. The van der Waals surface area contributed by atoms with Gasteiger partial charge in [-0.2, -0.15) is 0 Å². The molecule has 8 aliphatic heterocycles. The van der Waals surface area contributed by atoms with Gasteiger partial charge in [-0.3, -0.25) is 9.59 Å². The van der Waals surface area contributed by atoms with Crippen molar-refractivity contribution in [1.82, 2.24) is 10.6 Å². The van der Waals surface area contributed by atoms with Crippen molar-refractivity contribution in [2.75, 3.05) is 46.2 Å². The molecular formula is C52H88N2O40. The smallest absolute Gasteiger partial charge is 0.217 e. The highest BCUT2D eigenvalue weighted by atomic mass is 16.8. The summed E-state index contributed by atoms with van der Waals surface area (Å²) in [5.41, 5.74) is 0. The van der Waals surface area contributed by atoms with Crippen molar-refractivity contribution in [3.8, 4) is 0 Å². The molecule has 8 aliphatic rings. The molecule has 40 atom stereocenters. The van der Waals surface area contributed by atoms with Gasteiger partial charge in [0.2, 0.25) is 11.8 Å². The second-order valence-electron chi connectivity index (χ2n) is 23.9. The van der Waals surface area contributed by atoms with Gasteiger partial charge in [0, 0.05) is 13.8 Å². The van der Waals surface area contributed by atoms with Crippen molar-refractivity contribution < 1.29 is 198 Å². The lowest BCUT2D eigenvalue weighted by Crippen LogP contribution is -2.70. The molecule has 42 heteroatoms. The van der Waals surface area contributed by atoms with E-state index in [0.717, 1.165) is 13.8 Å². The van der Waals surface area contributed by atoms with E-state index in [4.69, 9.17) is 71.1 Å². The van der Waals surface area contributed by atoms with Crippen LogP contribution in [0.2, 0.25) is 0 Å². The lowest BCUT2D eigenvalue weighted by molar-refractivity contribution is -0.404. The number of carbonyl (C=O) groups excluding carboxylic acids is 2. The third-order valence-electron chi connectivity index (χ3n) is 17.4. The maximum atomic E-state index is 12.7. The minimum Gasteiger partial charge on any atom is -0.394 e. The van der Waals surface area contributed by atoms with Crippen LogP contribution in [0.1, 0.15) is 20.8 Å². The molecule has 8 rings (SSSR count). The molecule has 8 fully saturated rings. The zero-order valence-electron chi connectivity index (χ0n) is 50.3. The number of aliphatic hydroxyl groups excluding tert-OH is 23. The zero-order chi connectivity index (χ0) is 69.2. The van der Waals surface area contributed by atoms with Gasteiger partial charge in [0.05, 0.1) is 52.4 Å². The van der Waals surface area contributed by atoms with Crippen LogP contribution in [0.4, 0.5) is 0 Å². The molecule has 94 heavy (non-hydrogen) atoms. The van der Waals surface area contributed by atoms with E-state index in [2.05, 4.69) is 10.6 Å². The number of aliphatic hydroxyl groups is 23. The molecule has 25 N–H and O–H groups in total. The molecule has 8 saturated heterocycles. The second-order valence-corrected chi connectivity index (χ2v) is 23.9. The average Bonchev–Trinajstić information content (AvgIpc) is 0.780. The summed E-state index contributed by atoms with van der Waals surface area (Å²) in [6.45, 7) is -4.02. The van der Waals surface area contributed by atoms with Gasteiger partial charge in [-0.15, -0.1) is 0 Å². The number of ether oxygens (including phenoxy) is 15. The summed E-state index contributed by atoms with van der Waals surface area (Å²) in [6, 6.07) is -3.40. The predicted molar refractivity (Wildman–Crippen MR) is 286 cm³/mol. The molecule has 2 amide bonds. The number of rotatable bonds is 23. The van der Waals surface area contributed by atoms with Crippen LogP contribution >= 0.6 is 0 Å². The first-order chi connectivity index (χ1) is 44.4. The third kappa shape index (κ3) is 16.4. The van der Waals surface area contributed by atoms with Crippen molar-refractivity contribution in [3.63, 3.8) is 0 Å². The molecule has 0 radical (unpaired) electrons. The number of hydrogen-bond donors (Lipinski definition) is 25. The van der Waals surface area contributed by atoms with Crippen molar-refractivity contribution in [2.45, 2.75) is 266 Å². The Kier molecular flexibility index (Phi) is 27.3. The minimum atomic E-state index is -2.36. The Balaban J connectivity index is 1.05. The van der Waals surface area contributed by atoms with E-state index in [9.17, 15) is 127 Å². The molecular weight excluding hydrogens is 1290 g/mol. The largest absolute Gasteiger partial charge is 0.394 e. The standard InChI is InChI=1S/C52H88N2O40/c1-11-23(63)31(71)35(75)48(81-11)93-43-33(73)25(65)16(6-57)86-52(43)94-44-34(74)26(66)15(5-56)85-51(44)92-41-27(67)17(7-58)83-47(37(41)77)80-10-20-28(68)42(91-49-36(76)32(72)24(64)14(4-55)84-49)38(78)50(88-20)90-40-19(9-60)87-46(22(30(40)70)54-13(3)62)89-39-18(8-59)82-45(79)21(29(39)69)53-12(2)61/h11,14-52,55-60,63-79H,4-10H2,1-3H3,(H,53,61)(H,54,62)/t11-,14+,15+,16+,17+,18+,19+,20+,21+,22+,23+,24+,25+,26+,27+,28+,29+,30+,31+,32-,33-,34-,35-,36-,37-,38-,39+,40+,41-,42-,43-,44-,45?,46-,47-,48-,49+,50-,51+,52+/m0/s1. The second kappa shape index (κ2) is 33.3. The first-order valence-corrected chi connectivity index (χ1v) is 30.0. The van der Waals surface area contributed by atoms with Crippen LogP contribution in [0.5, 0.6) is 0 Å². The summed E-state index contributed by atoms with van der Waals surface area (Å²) in [6.07, 6.45) is -76.0. The van der Waals surface area contributed by atoms with E-state index in [1.807, 2.05) is 0 Å². The molecule has 0 aromatic carbocycles. The maximum Gasteiger partial charge on any atom is 0.217 e. The maximum absolute atomic E-state index is 12.7. The Morgan fingerprint density at radius 2 is 0.628 bits per heavy atom. The van der Waals surface area contributed by atoms with Crippen molar-refractivity contribution in [3.05, 3.63) is 0 Å². The molecule has 0 aliphatic carbocycles. The van der Waals surface area contributed by atoms with E-state index in [-0.39, 0.29) is 0 Å². The monoisotopic (exact) mass is 1380 g/mol. The van der Waals surface area contributed by atoms with Crippen LogP contribution in [0.25, 0.3) is 0 Å². The topological polar surface area (TPSA) is 662 Å². The van der Waals surface area contributed by atoms with E-state index in [1.54, 1.807) is 0 Å². The molecule has 0 saturated carbocycles. The molecule has 0 spiro atoms. The SMILES string of the molecule is CC(=O)N[C@H]1[C@H](O[C@H]2[C@H](O)[C@@H](NC(C)=O)C(O)O[C@@H]2CO)O[C@H](CO)[C@@H](O[C@@H]2O[C@H](CO[C@H]3O[C@H](CO)[C@@H](O)[C@H](O[C@H]4O[C@H](CO)[C@@H](O)[C@H](O)[C@@H]4O[C@H]4O[C@H](CO)[C@@H](O)[C@H](O)[C@@H]4O[C@@H]4O[C@@H](C)[C@@H](O)[C@@H](O)[C@@H]4O)[C@@H]3O)[C@@H](O)[C@H](O[C@H]3O[C@H](CO)[C@@H](O)[C@H](O)[C@@H]3O)[C@@H]2O)[C@@H]1O. The highest BCUT2D eigenvalue weighted by Crippen LogP contribution is 2.39. The van der Waals surface area contributed by atoms with Crippen molar-refractivity contribution >= 4 is 11.8 Å². The lowest BCUT2D eigenvalue weighted by Gasteiger charge is -2.50. The first-order valence-electron chi connectivity index (χ1n) is 30.0. The fraction of sp³-hybridized carbons (Fsp3) is 0.962. The van der Waals surface area contributed by atoms with Crippen molar-refractivity contribution in [2.24, 2.45) is 0 Å². The van der Waals surface area contributed by atoms with Crippen LogP contribution in [-0.4, -0.2) is 421 Å². The Morgan fingerprint density at radius 3 is 1.14 bits per heavy atom. The van der Waals surface area contributed by atoms with Gasteiger partial charge in [0.15, 0.2) is 50.3 Å². The van der Waals surface area contributed by atoms with E-state index >= 15 is 0 Å². The number of hydrogen-bond acceptors (Lipinski definition) is 40. The predicted octanol–water partition coefficient (Wildman–Crippen LogP) is -17.1. The highest BCUT2D eigenvalue weighted by Gasteiger charge is 2.60. The number of amides is 2. The molecule has 1 unspecified atom stereocenters. The van der Waals surface area contributed by atoms with Gasteiger partial charge in [-0.05, 0) is 6.92 Å². The Bertz CT molecular complexity index is 2370. The first kappa shape index (κ1) is 77.2. The Morgan fingerprint density at radius 1 is 0.298 bits per heavy atom. The van der Waals surface area contributed by atoms with E-state index in [1.165, 1.54) is 6.92 Å². The lowest BCUT2D eigenvalue weighted by atomic mass is 9.94. The van der Waals surface area contributed by atoms with Gasteiger partial charge >= 0.3 is 0 Å². The summed E-state index contributed by atoms with van der Waals surface area (Å²) < 4.78 is 86.8. The zero-order valence-corrected chi connectivity index (χ0v) is 50.3. The van der Waals surface area contributed by atoms with E-state index < -0.39 is 304 Å². The van der Waals surface area contributed by atoms with Gasteiger partial charge in [0.25, 0.3) is 0 Å². The van der Waals surface area contributed by atoms with Crippen LogP contribution in [0, 0.1) is 0 Å². The molecule has 0 aromatic rings. The molecule has 0 aromatic heterocycles. The summed E-state index contributed by atoms with van der Waals surface area (Å²) >= 11 is 0. The van der Waals surface area contributed by atoms with Gasteiger partial charge in [-0.1, -0.05) is 0 Å². The summed E-state index contributed by atoms with van der Waals surface area (Å²) in [7, 11) is 0. The van der Waals surface area contributed by atoms with Gasteiger partial charge in [0.1, 0.15) is 189 Å². The molecule has 0 bridgehead atoms. The van der Waals surface area contributed by atoms with Gasteiger partial charge < -0.3 is 199 Å². The third-order valence-corrected chi connectivity index (χ3v) is 17.4. The fourth-order valence-electron chi connectivity index (χ4n) is 12.1. The number of carbonyl (C=O) groups is 2. The summed E-state index contributed by atoms with van der Waals surface area (Å²) in [5, 5.41) is 256. The van der Waals surface area contributed by atoms with Crippen LogP contribution < -0.4 is 10.6 Å². The quantitative estimate of drug-likeness (QED) is 0.0452. The molecule has 8 heterocycles. The molecule has 42 nitrogen and oxygen atoms in total. The number of nitrogens with one attached hydrogen (secondary N) is 2. The minimum absolute atomic E-state index is 0.747. The Hall–Kier alpha value is -2.58.